The van der Waals surface area contributed by atoms with E-state index >= 15 is 0 Å². The third-order valence-electron chi connectivity index (χ3n) is 19.3. The predicted octanol–water partition coefficient (Wildman–Crippen LogP) is 22.6. The summed E-state index contributed by atoms with van der Waals surface area (Å²) in [5, 5.41) is 0. The highest BCUT2D eigenvalue weighted by Crippen LogP contribution is 2.52. The molecule has 0 radical (unpaired) electrons. The van der Waals surface area contributed by atoms with Gasteiger partial charge in [0.1, 0.15) is 0 Å². The van der Waals surface area contributed by atoms with Crippen molar-refractivity contribution in [2.24, 2.45) is 0 Å². The lowest BCUT2D eigenvalue weighted by Gasteiger charge is -2.45. The molecule has 2 nitrogen and oxygen atoms in total. The molecule has 0 fully saturated rings. The van der Waals surface area contributed by atoms with Gasteiger partial charge in [-0.2, -0.15) is 0 Å². The lowest BCUT2D eigenvalue weighted by molar-refractivity contribution is 1.25. The third kappa shape index (κ3) is 10.3. The Morgan fingerprint density at radius 3 is 0.849 bits per heavy atom. The first-order valence-corrected chi connectivity index (χ1v) is 32.6. The third-order valence-corrected chi connectivity index (χ3v) is 19.3. The lowest BCUT2D eigenvalue weighted by Crippen LogP contribution is -2.61. The van der Waals surface area contributed by atoms with E-state index in [4.69, 9.17) is 0 Å². The molecule has 0 aromatic heterocycles. The quantitative estimate of drug-likeness (QED) is 0.119. The Balaban J connectivity index is 1.09. The van der Waals surface area contributed by atoms with Crippen LogP contribution in [0, 0.1) is 41.5 Å². The van der Waals surface area contributed by atoms with E-state index in [0.29, 0.717) is 0 Å². The molecule has 14 aromatic carbocycles. The molecular weight excluding hydrogens is 1120 g/mol. The van der Waals surface area contributed by atoms with Crippen LogP contribution in [0.2, 0.25) is 0 Å². The summed E-state index contributed by atoms with van der Waals surface area (Å²) in [6.45, 7) is 13.4. The summed E-state index contributed by atoms with van der Waals surface area (Å²) in [7, 11) is 0. The highest BCUT2D eigenvalue weighted by molar-refractivity contribution is 7.00. The van der Waals surface area contributed by atoms with Crippen molar-refractivity contribution in [1.29, 1.82) is 0 Å². The minimum absolute atomic E-state index is 0.215. The van der Waals surface area contributed by atoms with E-state index in [-0.39, 0.29) is 6.71 Å². The summed E-state index contributed by atoms with van der Waals surface area (Å²) in [6.07, 6.45) is 0. The Labute approximate surface area is 548 Å². The molecule has 0 saturated heterocycles. The maximum absolute atomic E-state index is 2.64. The van der Waals surface area contributed by atoms with Gasteiger partial charge < -0.3 is 9.80 Å². The van der Waals surface area contributed by atoms with E-state index in [0.717, 1.165) is 95.3 Å². The molecule has 0 atom stereocenters. The topological polar surface area (TPSA) is 6.48 Å². The number of hydrogen-bond donors (Lipinski definition) is 0. The van der Waals surface area contributed by atoms with Crippen molar-refractivity contribution in [3.8, 4) is 100 Å². The van der Waals surface area contributed by atoms with Crippen molar-refractivity contribution < 1.29 is 0 Å². The molecule has 2 heterocycles. The summed E-state index contributed by atoms with van der Waals surface area (Å²) < 4.78 is 0. The molecule has 2 aliphatic heterocycles. The largest absolute Gasteiger partial charge is 0.311 e. The Bertz CT molecular complexity index is 4710. The van der Waals surface area contributed by atoms with E-state index in [9.17, 15) is 0 Å². The summed E-state index contributed by atoms with van der Waals surface area (Å²) in [4.78, 5) is 5.27. The first kappa shape index (κ1) is 56.9. The molecule has 2 aliphatic rings. The van der Waals surface area contributed by atoms with Crippen LogP contribution >= 0.6 is 0 Å². The zero-order valence-corrected chi connectivity index (χ0v) is 53.4. The molecule has 0 amide bonds. The summed E-state index contributed by atoms with van der Waals surface area (Å²) >= 11 is 0. The molecular formula is C90H69BN2. The Morgan fingerprint density at radius 1 is 0.215 bits per heavy atom. The van der Waals surface area contributed by atoms with Crippen LogP contribution in [-0.2, 0) is 0 Å². The average Bonchev–Trinajstić information content (AvgIpc) is 0.694. The number of aryl methyl sites for hydroxylation is 6. The van der Waals surface area contributed by atoms with Gasteiger partial charge in [-0.15, -0.1) is 0 Å². The van der Waals surface area contributed by atoms with Crippen LogP contribution in [0.3, 0.4) is 0 Å². The maximum atomic E-state index is 2.64. The molecule has 442 valence electrons. The van der Waals surface area contributed by atoms with Crippen molar-refractivity contribution in [3.63, 3.8) is 0 Å². The fourth-order valence-corrected chi connectivity index (χ4v) is 15.5. The van der Waals surface area contributed by atoms with Gasteiger partial charge in [-0.1, -0.05) is 260 Å². The van der Waals surface area contributed by atoms with Crippen LogP contribution in [0.5, 0.6) is 0 Å². The van der Waals surface area contributed by atoms with Crippen molar-refractivity contribution in [1.82, 2.24) is 0 Å². The van der Waals surface area contributed by atoms with Gasteiger partial charge in [0.05, 0.1) is 0 Å². The molecule has 14 aromatic rings. The molecule has 93 heavy (non-hydrogen) atoms. The zero-order valence-electron chi connectivity index (χ0n) is 53.4. The molecule has 0 aliphatic carbocycles. The van der Waals surface area contributed by atoms with Crippen molar-refractivity contribution in [3.05, 3.63) is 343 Å². The van der Waals surface area contributed by atoms with Gasteiger partial charge in [0.15, 0.2) is 0 Å². The monoisotopic (exact) mass is 1190 g/mol. The number of anilines is 6. The van der Waals surface area contributed by atoms with Crippen LogP contribution < -0.4 is 26.2 Å². The number of benzene rings is 14. The van der Waals surface area contributed by atoms with Crippen LogP contribution in [-0.4, -0.2) is 6.71 Å². The second kappa shape index (κ2) is 23.5. The molecule has 0 saturated carbocycles. The molecule has 3 heteroatoms. The second-order valence-corrected chi connectivity index (χ2v) is 25.6. The van der Waals surface area contributed by atoms with Crippen LogP contribution in [0.15, 0.2) is 309 Å². The number of rotatable bonds is 11. The average molecular weight is 1190 g/mol. The van der Waals surface area contributed by atoms with Gasteiger partial charge in [-0.25, -0.2) is 0 Å². The first-order chi connectivity index (χ1) is 45.6. The van der Waals surface area contributed by atoms with E-state index in [2.05, 4.69) is 361 Å². The number of nitrogens with zero attached hydrogens (tertiary/aromatic N) is 2. The van der Waals surface area contributed by atoms with Gasteiger partial charge in [0.25, 0.3) is 6.71 Å². The molecule has 0 spiro atoms. The van der Waals surface area contributed by atoms with E-state index < -0.39 is 0 Å². The van der Waals surface area contributed by atoms with Crippen LogP contribution in [0.4, 0.5) is 34.1 Å². The second-order valence-electron chi connectivity index (χ2n) is 25.6. The Hall–Kier alpha value is -11.3. The van der Waals surface area contributed by atoms with Crippen molar-refractivity contribution >= 4 is 57.2 Å². The van der Waals surface area contributed by atoms with Crippen molar-refractivity contribution in [2.75, 3.05) is 9.80 Å². The standard InChI is InChI=1S/C90H69BN2/c1-58-44-60(3)87(61(4)45-58)70-40-42-83-81(54-70)91-82-55-71(88-62(5)46-59(2)47-63(88)6)41-43-84(82)93(78-52-74(66-30-17-9-18-31-66)49-75(53-78)67-32-19-10-20-33-67)86-57-76(89-79(68-34-21-11-22-35-68)38-25-39-80(89)69-36-23-12-24-37-69)56-85(90(86)91)92(83)77-50-72(64-26-13-7-14-27-64)48-73(51-77)65-28-15-8-16-29-65/h7-57H,1-6H3. The highest BCUT2D eigenvalue weighted by Gasteiger charge is 2.45. The molecule has 16 rings (SSSR count). The summed E-state index contributed by atoms with van der Waals surface area (Å²) in [6, 6.07) is 116. The molecule has 0 bridgehead atoms. The normalized spacial score (nSPS) is 12.1. The summed E-state index contributed by atoms with van der Waals surface area (Å²) in [5.74, 6) is 0. The maximum Gasteiger partial charge on any atom is 0.252 e. The number of hydrogen-bond acceptors (Lipinski definition) is 2. The van der Waals surface area contributed by atoms with Gasteiger partial charge in [-0.05, 0) is 241 Å². The summed E-state index contributed by atoms with van der Waals surface area (Å²) in [5.41, 5.74) is 39.3. The molecule has 0 N–H and O–H groups in total. The van der Waals surface area contributed by atoms with Crippen LogP contribution in [0.1, 0.15) is 33.4 Å². The Kier molecular flexibility index (Phi) is 14.4. The number of fused-ring (bicyclic) bond motifs is 4. The minimum Gasteiger partial charge on any atom is -0.311 e. The predicted molar refractivity (Wildman–Crippen MR) is 398 cm³/mol. The SMILES string of the molecule is Cc1cc(C)c(-c2ccc3c(c2)B2c4cc(-c5c(C)cc(C)cc5C)ccc4N(c4cc(-c5ccccc5)cc(-c5ccccc5)c4)c4cc(-c5c(-c6ccccc6)cccc5-c5ccccc5)cc(c42)N3c2cc(-c3ccccc3)cc(-c3ccccc3)c2)c(C)c1. The van der Waals surface area contributed by atoms with Gasteiger partial charge in [0.2, 0.25) is 0 Å². The first-order valence-electron chi connectivity index (χ1n) is 32.6. The fraction of sp³-hybridized carbons (Fsp3) is 0.0667. The zero-order chi connectivity index (χ0) is 62.8. The molecule has 0 unspecified atom stereocenters. The van der Waals surface area contributed by atoms with Gasteiger partial charge >= 0.3 is 0 Å². The highest BCUT2D eigenvalue weighted by atomic mass is 15.2. The van der Waals surface area contributed by atoms with Crippen LogP contribution in [0.25, 0.3) is 100 Å². The van der Waals surface area contributed by atoms with Gasteiger partial charge in [0, 0.05) is 34.1 Å². The van der Waals surface area contributed by atoms with Crippen molar-refractivity contribution in [2.45, 2.75) is 41.5 Å². The smallest absolute Gasteiger partial charge is 0.252 e. The fourth-order valence-electron chi connectivity index (χ4n) is 15.5. The lowest BCUT2D eigenvalue weighted by atomic mass is 9.33. The van der Waals surface area contributed by atoms with E-state index in [1.165, 1.54) is 88.7 Å². The Morgan fingerprint density at radius 2 is 0.527 bits per heavy atom. The minimum atomic E-state index is -0.215. The van der Waals surface area contributed by atoms with E-state index in [1.54, 1.807) is 0 Å². The van der Waals surface area contributed by atoms with Gasteiger partial charge in [-0.3, -0.25) is 0 Å². The van der Waals surface area contributed by atoms with E-state index in [1.807, 2.05) is 0 Å².